The molecule has 3 rings (SSSR count). The van der Waals surface area contributed by atoms with Crippen LogP contribution in [0, 0.1) is 5.41 Å². The molecule has 2 heterocycles. The summed E-state index contributed by atoms with van der Waals surface area (Å²) < 4.78 is 0. The third-order valence-electron chi connectivity index (χ3n) is 5.40. The van der Waals surface area contributed by atoms with Crippen LogP contribution in [0.3, 0.4) is 0 Å². The van der Waals surface area contributed by atoms with Gasteiger partial charge in [-0.3, -0.25) is 9.88 Å². The minimum Gasteiger partial charge on any atom is -0.325 e. The van der Waals surface area contributed by atoms with Gasteiger partial charge in [-0.2, -0.15) is 0 Å². The van der Waals surface area contributed by atoms with Crippen molar-refractivity contribution in [1.82, 2.24) is 9.88 Å². The normalized spacial score (nSPS) is 23.1. The lowest BCUT2D eigenvalue weighted by Crippen LogP contribution is -2.40. The van der Waals surface area contributed by atoms with Crippen LogP contribution in [0.25, 0.3) is 0 Å². The molecule has 2 aliphatic rings. The van der Waals surface area contributed by atoms with Crippen LogP contribution in [0.5, 0.6) is 0 Å². The largest absolute Gasteiger partial charge is 0.325 e. The van der Waals surface area contributed by atoms with E-state index in [1.54, 1.807) is 0 Å². The van der Waals surface area contributed by atoms with Gasteiger partial charge in [0.2, 0.25) is 0 Å². The molecule has 0 atom stereocenters. The van der Waals surface area contributed by atoms with Gasteiger partial charge in [0.15, 0.2) is 0 Å². The van der Waals surface area contributed by atoms with Crippen molar-refractivity contribution in [2.24, 2.45) is 11.1 Å². The SMILES string of the molecule is NCc1ncccc1CN1CCC2(CCCCC2)CC1. The Morgan fingerprint density at radius 1 is 1.10 bits per heavy atom. The van der Waals surface area contributed by atoms with Crippen LogP contribution in [-0.4, -0.2) is 23.0 Å². The van der Waals surface area contributed by atoms with Crippen molar-refractivity contribution < 1.29 is 0 Å². The lowest BCUT2D eigenvalue weighted by Gasteiger charge is -2.44. The molecule has 110 valence electrons. The van der Waals surface area contributed by atoms with Gasteiger partial charge in [-0.1, -0.05) is 25.3 Å². The molecule has 1 saturated heterocycles. The number of rotatable bonds is 3. The third kappa shape index (κ3) is 3.04. The Labute approximate surface area is 122 Å². The van der Waals surface area contributed by atoms with Gasteiger partial charge >= 0.3 is 0 Å². The Balaban J connectivity index is 1.58. The summed E-state index contributed by atoms with van der Waals surface area (Å²) >= 11 is 0. The molecule has 0 amide bonds. The second-order valence-corrected chi connectivity index (χ2v) is 6.65. The number of hydrogen-bond acceptors (Lipinski definition) is 3. The molecule has 1 aliphatic heterocycles. The summed E-state index contributed by atoms with van der Waals surface area (Å²) in [5.74, 6) is 0. The minimum atomic E-state index is 0.550. The highest BCUT2D eigenvalue weighted by atomic mass is 15.1. The molecule has 0 aromatic carbocycles. The van der Waals surface area contributed by atoms with Gasteiger partial charge in [0.1, 0.15) is 0 Å². The second-order valence-electron chi connectivity index (χ2n) is 6.65. The number of pyridine rings is 1. The molecular formula is C17H27N3. The van der Waals surface area contributed by atoms with Crippen LogP contribution < -0.4 is 5.73 Å². The molecule has 3 heteroatoms. The van der Waals surface area contributed by atoms with Gasteiger partial charge in [-0.05, 0) is 55.8 Å². The fourth-order valence-corrected chi connectivity index (χ4v) is 4.03. The van der Waals surface area contributed by atoms with Crippen molar-refractivity contribution >= 4 is 0 Å². The highest BCUT2D eigenvalue weighted by molar-refractivity contribution is 5.19. The Morgan fingerprint density at radius 3 is 2.55 bits per heavy atom. The van der Waals surface area contributed by atoms with E-state index < -0.39 is 0 Å². The summed E-state index contributed by atoms with van der Waals surface area (Å²) in [7, 11) is 0. The highest BCUT2D eigenvalue weighted by Crippen LogP contribution is 2.44. The molecule has 3 nitrogen and oxygen atoms in total. The molecule has 1 aromatic rings. The molecule has 2 fully saturated rings. The Morgan fingerprint density at radius 2 is 1.85 bits per heavy atom. The molecule has 0 radical (unpaired) electrons. The predicted octanol–water partition coefficient (Wildman–Crippen LogP) is 3.09. The predicted molar refractivity (Wildman–Crippen MR) is 82.2 cm³/mol. The van der Waals surface area contributed by atoms with Gasteiger partial charge in [0.05, 0.1) is 5.69 Å². The van der Waals surface area contributed by atoms with E-state index in [9.17, 15) is 0 Å². The average Bonchev–Trinajstić information content (AvgIpc) is 2.51. The Hall–Kier alpha value is -0.930. The summed E-state index contributed by atoms with van der Waals surface area (Å²) in [5, 5.41) is 0. The third-order valence-corrected chi connectivity index (χ3v) is 5.40. The quantitative estimate of drug-likeness (QED) is 0.920. The maximum absolute atomic E-state index is 5.79. The molecule has 2 N–H and O–H groups in total. The van der Waals surface area contributed by atoms with E-state index in [4.69, 9.17) is 5.73 Å². The van der Waals surface area contributed by atoms with Crippen molar-refractivity contribution in [3.05, 3.63) is 29.6 Å². The second kappa shape index (κ2) is 6.23. The summed E-state index contributed by atoms with van der Waals surface area (Å²) in [4.78, 5) is 6.99. The molecule has 20 heavy (non-hydrogen) atoms. The maximum atomic E-state index is 5.79. The number of nitrogens with two attached hydrogens (primary N) is 1. The van der Waals surface area contributed by atoms with E-state index in [-0.39, 0.29) is 0 Å². The summed E-state index contributed by atoms with van der Waals surface area (Å²) in [6.45, 7) is 4.07. The van der Waals surface area contributed by atoms with Crippen molar-refractivity contribution in [2.45, 2.75) is 58.0 Å². The Bertz CT molecular complexity index is 428. The number of piperidine rings is 1. The van der Waals surface area contributed by atoms with Crippen LogP contribution >= 0.6 is 0 Å². The zero-order chi connectivity index (χ0) is 13.8. The zero-order valence-electron chi connectivity index (χ0n) is 12.5. The van der Waals surface area contributed by atoms with E-state index in [1.165, 1.54) is 63.6 Å². The van der Waals surface area contributed by atoms with Crippen molar-refractivity contribution in [2.75, 3.05) is 13.1 Å². The topological polar surface area (TPSA) is 42.1 Å². The molecule has 0 unspecified atom stereocenters. The molecule has 1 aromatic heterocycles. The van der Waals surface area contributed by atoms with Gasteiger partial charge < -0.3 is 5.73 Å². The number of hydrogen-bond donors (Lipinski definition) is 1. The molecular weight excluding hydrogens is 246 g/mol. The number of aromatic nitrogens is 1. The summed E-state index contributed by atoms with van der Waals surface area (Å²) in [6, 6.07) is 4.21. The lowest BCUT2D eigenvalue weighted by atomic mass is 9.68. The van der Waals surface area contributed by atoms with Crippen molar-refractivity contribution in [1.29, 1.82) is 0 Å². The van der Waals surface area contributed by atoms with Gasteiger partial charge in [0.25, 0.3) is 0 Å². The summed E-state index contributed by atoms with van der Waals surface area (Å²) in [5.41, 5.74) is 8.86. The van der Waals surface area contributed by atoms with Crippen LogP contribution in [0.4, 0.5) is 0 Å². The highest BCUT2D eigenvalue weighted by Gasteiger charge is 2.35. The fourth-order valence-electron chi connectivity index (χ4n) is 4.03. The average molecular weight is 273 g/mol. The first-order chi connectivity index (χ1) is 9.81. The molecule has 0 bridgehead atoms. The summed E-state index contributed by atoms with van der Waals surface area (Å²) in [6.07, 6.45) is 12.0. The molecule has 1 saturated carbocycles. The first-order valence-corrected chi connectivity index (χ1v) is 8.17. The van der Waals surface area contributed by atoms with Gasteiger partial charge in [-0.25, -0.2) is 0 Å². The van der Waals surface area contributed by atoms with Crippen LogP contribution in [0.1, 0.15) is 56.2 Å². The van der Waals surface area contributed by atoms with E-state index in [0.29, 0.717) is 12.0 Å². The van der Waals surface area contributed by atoms with E-state index >= 15 is 0 Å². The first-order valence-electron chi connectivity index (χ1n) is 8.17. The van der Waals surface area contributed by atoms with Crippen LogP contribution in [0.2, 0.25) is 0 Å². The van der Waals surface area contributed by atoms with Crippen molar-refractivity contribution in [3.63, 3.8) is 0 Å². The monoisotopic (exact) mass is 273 g/mol. The Kier molecular flexibility index (Phi) is 4.37. The lowest BCUT2D eigenvalue weighted by molar-refractivity contribution is 0.0639. The van der Waals surface area contributed by atoms with Crippen molar-refractivity contribution in [3.8, 4) is 0 Å². The van der Waals surface area contributed by atoms with Gasteiger partial charge in [-0.15, -0.1) is 0 Å². The number of nitrogens with zero attached hydrogens (tertiary/aromatic N) is 2. The van der Waals surface area contributed by atoms with E-state index in [0.717, 1.165) is 12.2 Å². The van der Waals surface area contributed by atoms with Crippen LogP contribution in [-0.2, 0) is 13.1 Å². The van der Waals surface area contributed by atoms with Gasteiger partial charge in [0, 0.05) is 19.3 Å². The van der Waals surface area contributed by atoms with E-state index in [2.05, 4.69) is 16.0 Å². The molecule has 1 aliphatic carbocycles. The first kappa shape index (κ1) is 14.0. The zero-order valence-corrected chi connectivity index (χ0v) is 12.5. The minimum absolute atomic E-state index is 0.550. The smallest absolute Gasteiger partial charge is 0.0584 e. The maximum Gasteiger partial charge on any atom is 0.0584 e. The fraction of sp³-hybridized carbons (Fsp3) is 0.706. The van der Waals surface area contributed by atoms with E-state index in [1.807, 2.05) is 12.3 Å². The van der Waals surface area contributed by atoms with Crippen LogP contribution in [0.15, 0.2) is 18.3 Å². The number of likely N-dealkylation sites (tertiary alicyclic amines) is 1. The standard InChI is InChI=1S/C17H27N3/c18-13-16-15(5-4-10-19-16)14-20-11-8-17(9-12-20)6-2-1-3-7-17/h4-5,10H,1-3,6-9,11-14,18H2. The molecule has 1 spiro atoms.